The molecule has 0 aliphatic heterocycles. The minimum Gasteiger partial charge on any atom is -0.512 e. The predicted octanol–water partition coefficient (Wildman–Crippen LogP) is 7.68. The van der Waals surface area contributed by atoms with Crippen molar-refractivity contribution in [2.45, 2.75) is 52.4 Å². The molecule has 4 heteroatoms. The minimum atomic E-state index is -0.137. The van der Waals surface area contributed by atoms with Gasteiger partial charge < -0.3 is 5.11 Å². The van der Waals surface area contributed by atoms with Crippen LogP contribution in [0.3, 0.4) is 0 Å². The summed E-state index contributed by atoms with van der Waals surface area (Å²) in [5.74, 6) is -0.0625. The van der Waals surface area contributed by atoms with Crippen molar-refractivity contribution in [3.8, 4) is 22.4 Å². The number of aliphatic hydroxyl groups is 1. The molecular formula is C32H30IrNO2-. The van der Waals surface area contributed by atoms with Crippen molar-refractivity contribution < 1.29 is 30.0 Å². The Hall–Kier alpha value is -3.07. The maximum Gasteiger partial charge on any atom is 0.155 e. The van der Waals surface area contributed by atoms with E-state index in [1.54, 1.807) is 0 Å². The Morgan fingerprint density at radius 1 is 0.861 bits per heavy atom. The first kappa shape index (κ1) is 26.0. The van der Waals surface area contributed by atoms with Gasteiger partial charge in [-0.15, -0.1) is 29.3 Å². The molecule has 2 aliphatic rings. The molecule has 0 spiro atoms. The summed E-state index contributed by atoms with van der Waals surface area (Å²) < 4.78 is 0. The predicted molar refractivity (Wildman–Crippen MR) is 143 cm³/mol. The van der Waals surface area contributed by atoms with Crippen molar-refractivity contribution in [3.63, 3.8) is 0 Å². The molecule has 0 atom stereocenters. The van der Waals surface area contributed by atoms with Gasteiger partial charge in [0.2, 0.25) is 0 Å². The number of carbonyl (C=O) groups is 1. The van der Waals surface area contributed by atoms with Crippen LogP contribution in [-0.4, -0.2) is 15.9 Å². The van der Waals surface area contributed by atoms with Crippen LogP contribution in [0.2, 0.25) is 0 Å². The second kappa shape index (κ2) is 9.10. The Bertz CT molecular complexity index is 1540. The van der Waals surface area contributed by atoms with Crippen molar-refractivity contribution in [3.05, 3.63) is 101 Å². The van der Waals surface area contributed by atoms with Gasteiger partial charge in [-0.05, 0) is 47.5 Å². The zero-order valence-electron chi connectivity index (χ0n) is 21.5. The van der Waals surface area contributed by atoms with Crippen LogP contribution in [0.25, 0.3) is 33.3 Å². The van der Waals surface area contributed by atoms with E-state index in [0.717, 1.165) is 16.8 Å². The van der Waals surface area contributed by atoms with Crippen LogP contribution in [-0.2, 0) is 35.7 Å². The number of hydrogen-bond donors (Lipinski definition) is 1. The first-order chi connectivity index (χ1) is 16.5. The molecule has 185 valence electrons. The number of pyridine rings is 1. The van der Waals surface area contributed by atoms with Gasteiger partial charge in [0.05, 0.1) is 11.3 Å². The molecule has 1 aromatic heterocycles. The Morgan fingerprint density at radius 3 is 2.08 bits per heavy atom. The number of ketones is 1. The van der Waals surface area contributed by atoms with Crippen LogP contribution in [0.1, 0.15) is 63.8 Å². The minimum absolute atomic E-state index is 0. The summed E-state index contributed by atoms with van der Waals surface area (Å²) >= 11 is 0. The third-order valence-corrected chi connectivity index (χ3v) is 7.38. The Labute approximate surface area is 226 Å². The molecule has 36 heavy (non-hydrogen) atoms. The number of rotatable bonds is 1. The molecule has 0 fully saturated rings. The van der Waals surface area contributed by atoms with Gasteiger partial charge in [0.25, 0.3) is 0 Å². The van der Waals surface area contributed by atoms with Crippen molar-refractivity contribution in [2.24, 2.45) is 0 Å². The van der Waals surface area contributed by atoms with Gasteiger partial charge in [-0.1, -0.05) is 86.8 Å². The molecule has 0 amide bonds. The second-order valence-electron chi connectivity index (χ2n) is 10.6. The summed E-state index contributed by atoms with van der Waals surface area (Å²) in [4.78, 5) is 15.2. The molecule has 3 aromatic carbocycles. The molecule has 1 radical (unpaired) electrons. The van der Waals surface area contributed by atoms with Crippen LogP contribution in [0.4, 0.5) is 0 Å². The van der Waals surface area contributed by atoms with Gasteiger partial charge >= 0.3 is 0 Å². The van der Waals surface area contributed by atoms with Crippen LogP contribution in [0.5, 0.6) is 0 Å². The fourth-order valence-electron chi connectivity index (χ4n) is 5.70. The number of benzene rings is 3. The largest absolute Gasteiger partial charge is 0.512 e. The molecule has 1 heterocycles. The average Bonchev–Trinajstić information content (AvgIpc) is 3.00. The number of hydrogen-bond acceptors (Lipinski definition) is 3. The van der Waals surface area contributed by atoms with E-state index in [9.17, 15) is 4.79 Å². The maximum atomic E-state index is 10.0. The van der Waals surface area contributed by atoms with Crippen LogP contribution in [0.15, 0.2) is 72.5 Å². The fraction of sp³-hybridized carbons (Fsp3) is 0.250. The van der Waals surface area contributed by atoms with Gasteiger partial charge in [-0.3, -0.25) is 9.78 Å². The Balaban J connectivity index is 0.000000338. The fourth-order valence-corrected chi connectivity index (χ4v) is 5.70. The van der Waals surface area contributed by atoms with E-state index in [2.05, 4.69) is 94.4 Å². The van der Waals surface area contributed by atoms with Gasteiger partial charge in [-0.25, -0.2) is 0 Å². The second-order valence-corrected chi connectivity index (χ2v) is 10.6. The standard InChI is InChI=1S/C27H22N.C5H8O2.Ir/c1-26(2)18-11-7-10-17-23(18)24-19(26)12-8-13-20(24)27(3,4)21-15-16-9-5-6-14-22(16)28-25(17)21;1-4(6)3-5(2)7;/h5-9,11-15H,1-4H3;3,6H,1-2H3;/q-1;;/b;4-3-;. The maximum absolute atomic E-state index is 10.0. The molecule has 2 aliphatic carbocycles. The first-order valence-corrected chi connectivity index (χ1v) is 12.0. The monoisotopic (exact) mass is 653 g/mol. The Morgan fingerprint density at radius 2 is 1.47 bits per heavy atom. The number of carbonyl (C=O) groups excluding carboxylic acids is 1. The van der Waals surface area contributed by atoms with Crippen LogP contribution < -0.4 is 0 Å². The van der Waals surface area contributed by atoms with Crippen LogP contribution in [0, 0.1) is 6.07 Å². The number of fused-ring (bicyclic) bond motifs is 3. The number of aromatic nitrogens is 1. The van der Waals surface area contributed by atoms with Crippen molar-refractivity contribution in [2.75, 3.05) is 0 Å². The van der Waals surface area contributed by atoms with Crippen LogP contribution >= 0.6 is 0 Å². The van der Waals surface area contributed by atoms with E-state index in [4.69, 9.17) is 10.1 Å². The molecule has 1 N–H and O–H groups in total. The third-order valence-electron chi connectivity index (χ3n) is 7.38. The summed E-state index contributed by atoms with van der Waals surface area (Å²) in [5.41, 5.74) is 11.4. The van der Waals surface area contributed by atoms with E-state index >= 15 is 0 Å². The van der Waals surface area contributed by atoms with Gasteiger partial charge in [0, 0.05) is 31.6 Å². The van der Waals surface area contributed by atoms with Crippen molar-refractivity contribution in [1.82, 2.24) is 4.98 Å². The topological polar surface area (TPSA) is 50.2 Å². The first-order valence-electron chi connectivity index (χ1n) is 12.0. The van der Waals surface area contributed by atoms with Gasteiger partial charge in [0.15, 0.2) is 5.78 Å². The molecule has 4 aromatic rings. The number of nitrogens with zero attached hydrogens (tertiary/aromatic N) is 1. The molecule has 3 nitrogen and oxygen atoms in total. The summed E-state index contributed by atoms with van der Waals surface area (Å²) in [6.07, 6.45) is 1.17. The average molecular weight is 653 g/mol. The Kier molecular flexibility index (Phi) is 6.58. The quantitative estimate of drug-likeness (QED) is 0.130. The molecule has 0 saturated heterocycles. The SMILES string of the molecule is CC(=O)/C=C(/C)O.CC1(C)c2cc3ccccc3nc2-c2[c-]ccc3c2-c2c1cccc2C3(C)C.[Ir]. The summed E-state index contributed by atoms with van der Waals surface area (Å²) in [6, 6.07) is 25.5. The third kappa shape index (κ3) is 3.93. The van der Waals surface area contributed by atoms with E-state index < -0.39 is 0 Å². The molecule has 6 rings (SSSR count). The zero-order chi connectivity index (χ0) is 25.1. The van der Waals surface area contributed by atoms with E-state index in [0.29, 0.717) is 0 Å². The van der Waals surface area contributed by atoms with E-state index in [1.807, 2.05) is 0 Å². The molecular weight excluding hydrogens is 623 g/mol. The smallest absolute Gasteiger partial charge is 0.155 e. The van der Waals surface area contributed by atoms with Crippen molar-refractivity contribution >= 4 is 16.7 Å². The number of aliphatic hydroxyl groups excluding tert-OH is 1. The zero-order valence-corrected chi connectivity index (χ0v) is 23.9. The van der Waals surface area contributed by atoms with Gasteiger partial charge in [-0.2, -0.15) is 0 Å². The summed E-state index contributed by atoms with van der Waals surface area (Å²) in [7, 11) is 0. The molecule has 0 saturated carbocycles. The van der Waals surface area contributed by atoms with E-state index in [1.165, 1.54) is 58.7 Å². The molecule has 0 bridgehead atoms. The number of para-hydroxylation sites is 1. The van der Waals surface area contributed by atoms with Gasteiger partial charge in [0.1, 0.15) is 0 Å². The van der Waals surface area contributed by atoms with Crippen molar-refractivity contribution in [1.29, 1.82) is 0 Å². The number of allylic oxidation sites excluding steroid dienone is 2. The van der Waals surface area contributed by atoms with E-state index in [-0.39, 0.29) is 42.5 Å². The summed E-state index contributed by atoms with van der Waals surface area (Å²) in [6.45, 7) is 12.2. The molecule has 0 unspecified atom stereocenters. The normalized spacial score (nSPS) is 15.6. The summed E-state index contributed by atoms with van der Waals surface area (Å²) in [5, 5.41) is 9.56.